The van der Waals surface area contributed by atoms with Crippen LogP contribution in [0.4, 0.5) is 4.39 Å². The maximum atomic E-state index is 14.5. The molecule has 0 amide bonds. The third-order valence-corrected chi connectivity index (χ3v) is 6.26. The molecule has 2 aromatic carbocycles. The van der Waals surface area contributed by atoms with Crippen molar-refractivity contribution in [2.24, 2.45) is 7.05 Å². The summed E-state index contributed by atoms with van der Waals surface area (Å²) in [6, 6.07) is 11.8. The van der Waals surface area contributed by atoms with Crippen LogP contribution in [0.5, 0.6) is 5.75 Å². The van der Waals surface area contributed by atoms with Crippen molar-refractivity contribution in [3.8, 4) is 5.75 Å². The largest absolute Gasteiger partial charge is 0.497 e. The number of rotatable bonds is 5. The maximum absolute atomic E-state index is 14.5. The van der Waals surface area contributed by atoms with Crippen molar-refractivity contribution in [3.05, 3.63) is 74.7 Å². The molecular weight excluding hydrogens is 413 g/mol. The third kappa shape index (κ3) is 3.22. The SMILES string of the molecule is COc1ccc2c(c1)c1c(c(=O)n(CC3CCCO3)c(=O)n1Cc1ccccc1F)n2C. The highest BCUT2D eigenvalue weighted by Gasteiger charge is 2.24. The monoisotopic (exact) mass is 437 g/mol. The van der Waals surface area contributed by atoms with Gasteiger partial charge in [-0.25, -0.2) is 9.18 Å². The van der Waals surface area contributed by atoms with Crippen LogP contribution in [0, 0.1) is 5.82 Å². The molecule has 1 fully saturated rings. The van der Waals surface area contributed by atoms with Crippen molar-refractivity contribution in [2.75, 3.05) is 13.7 Å². The van der Waals surface area contributed by atoms with Gasteiger partial charge in [0.25, 0.3) is 5.56 Å². The number of ether oxygens (including phenoxy) is 2. The Morgan fingerprint density at radius 2 is 1.94 bits per heavy atom. The van der Waals surface area contributed by atoms with Gasteiger partial charge in [0.05, 0.1) is 37.3 Å². The van der Waals surface area contributed by atoms with E-state index in [9.17, 15) is 14.0 Å². The molecule has 166 valence electrons. The van der Waals surface area contributed by atoms with E-state index >= 15 is 0 Å². The Morgan fingerprint density at radius 3 is 2.66 bits per heavy atom. The molecule has 7 nitrogen and oxygen atoms in total. The second kappa shape index (κ2) is 7.94. The average Bonchev–Trinajstić information content (AvgIpc) is 3.41. The summed E-state index contributed by atoms with van der Waals surface area (Å²) in [6.45, 7) is 0.804. The summed E-state index contributed by atoms with van der Waals surface area (Å²) in [6.07, 6.45) is 1.51. The fourth-order valence-electron chi connectivity index (χ4n) is 4.60. The summed E-state index contributed by atoms with van der Waals surface area (Å²) in [5.41, 5.74) is 1.18. The van der Waals surface area contributed by atoms with E-state index in [0.29, 0.717) is 34.3 Å². The molecule has 1 atom stereocenters. The molecule has 5 rings (SSSR count). The fourth-order valence-corrected chi connectivity index (χ4v) is 4.60. The zero-order chi connectivity index (χ0) is 22.4. The van der Waals surface area contributed by atoms with E-state index in [1.165, 1.54) is 15.2 Å². The third-order valence-electron chi connectivity index (χ3n) is 6.26. The van der Waals surface area contributed by atoms with E-state index in [-0.39, 0.29) is 24.8 Å². The first kappa shape index (κ1) is 20.5. The average molecular weight is 437 g/mol. The topological polar surface area (TPSA) is 67.4 Å². The van der Waals surface area contributed by atoms with Crippen molar-refractivity contribution in [3.63, 3.8) is 0 Å². The minimum absolute atomic E-state index is 0.00410. The Kier molecular flexibility index (Phi) is 5.09. The lowest BCUT2D eigenvalue weighted by atomic mass is 10.2. The molecule has 1 aliphatic heterocycles. The highest BCUT2D eigenvalue weighted by Crippen LogP contribution is 2.29. The lowest BCUT2D eigenvalue weighted by Crippen LogP contribution is -2.43. The number of aromatic nitrogens is 3. The first-order chi connectivity index (χ1) is 15.5. The molecule has 0 bridgehead atoms. The van der Waals surface area contributed by atoms with Crippen molar-refractivity contribution >= 4 is 21.9 Å². The summed E-state index contributed by atoms with van der Waals surface area (Å²) in [5.74, 6) is 0.209. The van der Waals surface area contributed by atoms with Gasteiger partial charge in [-0.05, 0) is 37.1 Å². The highest BCUT2D eigenvalue weighted by molar-refractivity contribution is 6.06. The Balaban J connectivity index is 1.84. The van der Waals surface area contributed by atoms with Crippen molar-refractivity contribution in [1.29, 1.82) is 0 Å². The lowest BCUT2D eigenvalue weighted by Gasteiger charge is -2.16. The first-order valence-electron chi connectivity index (χ1n) is 10.6. The molecule has 3 heterocycles. The molecule has 1 unspecified atom stereocenters. The van der Waals surface area contributed by atoms with Gasteiger partial charge in [0.2, 0.25) is 0 Å². The van der Waals surface area contributed by atoms with Gasteiger partial charge >= 0.3 is 5.69 Å². The van der Waals surface area contributed by atoms with Crippen LogP contribution >= 0.6 is 0 Å². The predicted octanol–water partition coefficient (Wildman–Crippen LogP) is 3.03. The second-order valence-electron chi connectivity index (χ2n) is 8.15. The standard InChI is InChI=1S/C24H24FN3O4/c1-26-20-10-9-16(31-2)12-18(20)21-22(26)23(29)28(14-17-7-5-11-32-17)24(30)27(21)13-15-6-3-4-8-19(15)25/h3-4,6,8-10,12,17H,5,7,11,13-14H2,1-2H3. The lowest BCUT2D eigenvalue weighted by molar-refractivity contribution is 0.0948. The minimum atomic E-state index is -0.475. The Bertz CT molecular complexity index is 1440. The quantitative estimate of drug-likeness (QED) is 0.481. The molecule has 0 radical (unpaired) electrons. The Hall–Kier alpha value is -3.39. The van der Waals surface area contributed by atoms with Crippen molar-refractivity contribution in [2.45, 2.75) is 32.0 Å². The van der Waals surface area contributed by atoms with Gasteiger partial charge in [-0.15, -0.1) is 0 Å². The summed E-state index contributed by atoms with van der Waals surface area (Å²) in [4.78, 5) is 27.1. The Morgan fingerprint density at radius 1 is 1.12 bits per heavy atom. The molecule has 1 saturated heterocycles. The molecule has 0 aliphatic carbocycles. The van der Waals surface area contributed by atoms with E-state index in [2.05, 4.69) is 0 Å². The molecule has 1 aliphatic rings. The van der Waals surface area contributed by atoms with Gasteiger partial charge in [0.15, 0.2) is 0 Å². The number of hydrogen-bond acceptors (Lipinski definition) is 4. The van der Waals surface area contributed by atoms with E-state index in [0.717, 1.165) is 18.4 Å². The smallest absolute Gasteiger partial charge is 0.331 e. The zero-order valence-corrected chi connectivity index (χ0v) is 18.0. The fraction of sp³-hybridized carbons (Fsp3) is 0.333. The van der Waals surface area contributed by atoms with Gasteiger partial charge in [-0.1, -0.05) is 18.2 Å². The summed E-state index contributed by atoms with van der Waals surface area (Å²) >= 11 is 0. The van der Waals surface area contributed by atoms with E-state index in [4.69, 9.17) is 9.47 Å². The summed E-state index contributed by atoms with van der Waals surface area (Å²) < 4.78 is 30.1. The van der Waals surface area contributed by atoms with Gasteiger partial charge in [0, 0.05) is 24.6 Å². The number of methoxy groups -OCH3 is 1. The molecule has 8 heteroatoms. The molecule has 2 aromatic heterocycles. The number of benzene rings is 2. The minimum Gasteiger partial charge on any atom is -0.497 e. The van der Waals surface area contributed by atoms with Crippen LogP contribution in [0.3, 0.4) is 0 Å². The van der Waals surface area contributed by atoms with Crippen molar-refractivity contribution in [1.82, 2.24) is 13.7 Å². The van der Waals surface area contributed by atoms with Crippen LogP contribution in [0.2, 0.25) is 0 Å². The maximum Gasteiger partial charge on any atom is 0.331 e. The molecule has 0 saturated carbocycles. The van der Waals surface area contributed by atoms with Crippen LogP contribution in [-0.2, 0) is 24.9 Å². The van der Waals surface area contributed by atoms with Crippen molar-refractivity contribution < 1.29 is 13.9 Å². The summed E-state index contributed by atoms with van der Waals surface area (Å²) in [7, 11) is 3.36. The Labute approximate surface area is 183 Å². The molecule has 32 heavy (non-hydrogen) atoms. The van der Waals surface area contributed by atoms with Crippen LogP contribution in [0.25, 0.3) is 21.9 Å². The van der Waals surface area contributed by atoms with Gasteiger partial charge in [0.1, 0.15) is 17.1 Å². The number of nitrogens with zero attached hydrogens (tertiary/aromatic N) is 3. The van der Waals surface area contributed by atoms with E-state index in [1.54, 1.807) is 43.0 Å². The predicted molar refractivity (Wildman–Crippen MR) is 120 cm³/mol. The van der Waals surface area contributed by atoms with E-state index < -0.39 is 11.5 Å². The number of halogens is 1. The highest BCUT2D eigenvalue weighted by atomic mass is 19.1. The molecule has 0 N–H and O–H groups in total. The number of hydrogen-bond donors (Lipinski definition) is 0. The van der Waals surface area contributed by atoms with Crippen LogP contribution in [0.15, 0.2) is 52.1 Å². The molecular formula is C24H24FN3O4. The molecule has 4 aromatic rings. The van der Waals surface area contributed by atoms with Gasteiger partial charge in [-0.2, -0.15) is 0 Å². The normalized spacial score (nSPS) is 16.3. The first-order valence-corrected chi connectivity index (χ1v) is 10.6. The van der Waals surface area contributed by atoms with Crippen LogP contribution in [-0.4, -0.2) is 33.5 Å². The van der Waals surface area contributed by atoms with E-state index in [1.807, 2.05) is 12.1 Å². The molecule has 0 spiro atoms. The second-order valence-corrected chi connectivity index (χ2v) is 8.15. The summed E-state index contributed by atoms with van der Waals surface area (Å²) in [5, 5.41) is 0.705. The van der Waals surface area contributed by atoms with Gasteiger partial charge in [-0.3, -0.25) is 13.9 Å². The number of aryl methyl sites for hydroxylation is 1. The van der Waals surface area contributed by atoms with Gasteiger partial charge < -0.3 is 14.0 Å². The number of fused-ring (bicyclic) bond motifs is 3. The van der Waals surface area contributed by atoms with Crippen LogP contribution in [0.1, 0.15) is 18.4 Å². The van der Waals surface area contributed by atoms with Crippen LogP contribution < -0.4 is 16.0 Å². The zero-order valence-electron chi connectivity index (χ0n) is 18.0.